The van der Waals surface area contributed by atoms with Gasteiger partial charge in [-0.3, -0.25) is 0 Å². The lowest BCUT2D eigenvalue weighted by molar-refractivity contribution is 1.31. The van der Waals surface area contributed by atoms with Crippen molar-refractivity contribution in [3.05, 3.63) is 70.9 Å². The number of hydrogen-bond acceptors (Lipinski definition) is 0. The van der Waals surface area contributed by atoms with Gasteiger partial charge in [-0.1, -0.05) is 54.2 Å². The van der Waals surface area contributed by atoms with Gasteiger partial charge >= 0.3 is 0 Å². The smallest absolute Gasteiger partial charge is 0.0233 e. The van der Waals surface area contributed by atoms with Gasteiger partial charge in [-0.15, -0.1) is 0 Å². The van der Waals surface area contributed by atoms with E-state index in [0.29, 0.717) is 0 Å². The Labute approximate surface area is 113 Å². The molecule has 18 heavy (non-hydrogen) atoms. The fraction of sp³-hybridized carbons (Fsp3) is 0.333. The molecule has 0 aliphatic rings. The van der Waals surface area contributed by atoms with Crippen LogP contribution in [0, 0.1) is 0 Å². The number of rotatable bonds is 5. The molecule has 0 aromatic heterocycles. The summed E-state index contributed by atoms with van der Waals surface area (Å²) in [5, 5.41) is 0. The summed E-state index contributed by atoms with van der Waals surface area (Å²) in [7, 11) is 0. The summed E-state index contributed by atoms with van der Waals surface area (Å²) < 4.78 is 0. The maximum Gasteiger partial charge on any atom is -0.0233 e. The van der Waals surface area contributed by atoms with Crippen LogP contribution in [0.25, 0.3) is 0 Å². The molecule has 0 aliphatic carbocycles. The Kier molecular flexibility index (Phi) is 7.78. The van der Waals surface area contributed by atoms with E-state index in [9.17, 15) is 0 Å². The van der Waals surface area contributed by atoms with Gasteiger partial charge in [-0.2, -0.15) is 0 Å². The van der Waals surface area contributed by atoms with Gasteiger partial charge in [0.25, 0.3) is 0 Å². The minimum atomic E-state index is 1.05. The highest BCUT2D eigenvalue weighted by atomic mass is 14.0. The predicted octanol–water partition coefficient (Wildman–Crippen LogP) is 5.92. The van der Waals surface area contributed by atoms with Crippen molar-refractivity contribution in [2.75, 3.05) is 0 Å². The first-order valence-electron chi connectivity index (χ1n) is 6.44. The number of allylic oxidation sites excluding steroid dienone is 11. The van der Waals surface area contributed by atoms with Crippen LogP contribution in [0.5, 0.6) is 0 Å². The monoisotopic (exact) mass is 242 g/mol. The zero-order chi connectivity index (χ0) is 14.1. The van der Waals surface area contributed by atoms with Gasteiger partial charge in [0, 0.05) is 0 Å². The second kappa shape index (κ2) is 8.52. The molecule has 0 unspecified atom stereocenters. The molecule has 0 saturated carbocycles. The third-order valence-corrected chi connectivity index (χ3v) is 3.11. The molecule has 0 bridgehead atoms. The Morgan fingerprint density at radius 2 is 1.39 bits per heavy atom. The molecule has 0 aromatic rings. The highest BCUT2D eigenvalue weighted by Gasteiger charge is 1.97. The molecule has 0 atom stereocenters. The second-order valence-corrected chi connectivity index (χ2v) is 4.43. The Balaban J connectivity index is 5.03. The first-order valence-corrected chi connectivity index (χ1v) is 6.44. The van der Waals surface area contributed by atoms with Crippen molar-refractivity contribution in [2.45, 2.75) is 41.5 Å². The van der Waals surface area contributed by atoms with Crippen molar-refractivity contribution >= 4 is 0 Å². The van der Waals surface area contributed by atoms with E-state index in [1.807, 2.05) is 13.8 Å². The lowest BCUT2D eigenvalue weighted by Crippen LogP contribution is -1.85. The summed E-state index contributed by atoms with van der Waals surface area (Å²) in [6.45, 7) is 16.6. The Morgan fingerprint density at radius 3 is 1.83 bits per heavy atom. The maximum absolute atomic E-state index is 4.14. The van der Waals surface area contributed by atoms with Crippen LogP contribution in [0.4, 0.5) is 0 Å². The zero-order valence-electron chi connectivity index (χ0n) is 12.7. The Bertz CT molecular complexity index is 435. The van der Waals surface area contributed by atoms with Crippen molar-refractivity contribution in [3.63, 3.8) is 0 Å². The molecule has 0 N–H and O–H groups in total. The van der Waals surface area contributed by atoms with E-state index in [1.165, 1.54) is 22.3 Å². The molecule has 0 rings (SSSR count). The van der Waals surface area contributed by atoms with Gasteiger partial charge in [-0.05, 0) is 58.3 Å². The molecule has 98 valence electrons. The van der Waals surface area contributed by atoms with Crippen molar-refractivity contribution in [2.24, 2.45) is 0 Å². The molecule has 0 heterocycles. The van der Waals surface area contributed by atoms with Crippen molar-refractivity contribution in [3.8, 4) is 0 Å². The predicted molar refractivity (Wildman–Crippen MR) is 84.7 cm³/mol. The van der Waals surface area contributed by atoms with Gasteiger partial charge in [0.15, 0.2) is 0 Å². The fourth-order valence-corrected chi connectivity index (χ4v) is 1.39. The molecule has 0 aliphatic heterocycles. The summed E-state index contributed by atoms with van der Waals surface area (Å²) >= 11 is 0. The third kappa shape index (κ3) is 5.67. The normalized spacial score (nSPS) is 15.4. The van der Waals surface area contributed by atoms with Crippen LogP contribution in [0.1, 0.15) is 41.5 Å². The van der Waals surface area contributed by atoms with Gasteiger partial charge in [0.1, 0.15) is 0 Å². The largest absolute Gasteiger partial charge is 0.0912 e. The van der Waals surface area contributed by atoms with E-state index < -0.39 is 0 Å². The van der Waals surface area contributed by atoms with Crippen LogP contribution >= 0.6 is 0 Å². The zero-order valence-corrected chi connectivity index (χ0v) is 12.7. The average molecular weight is 242 g/mol. The molecular weight excluding hydrogens is 216 g/mol. The highest BCUT2D eigenvalue weighted by molar-refractivity contribution is 5.48. The highest BCUT2D eigenvalue weighted by Crippen LogP contribution is 2.17. The molecule has 0 fully saturated rings. The summed E-state index contributed by atoms with van der Waals surface area (Å²) in [6, 6.07) is 0. The van der Waals surface area contributed by atoms with E-state index in [-0.39, 0.29) is 0 Å². The average Bonchev–Trinajstić information content (AvgIpc) is 2.37. The Morgan fingerprint density at radius 1 is 0.778 bits per heavy atom. The topological polar surface area (TPSA) is 0 Å². The molecule has 0 radical (unpaired) electrons. The van der Waals surface area contributed by atoms with Gasteiger partial charge in [0.2, 0.25) is 0 Å². The summed E-state index contributed by atoms with van der Waals surface area (Å²) in [6.07, 6.45) is 12.7. The fourth-order valence-electron chi connectivity index (χ4n) is 1.39. The molecule has 0 heteroatoms. The first kappa shape index (κ1) is 16.4. The molecule has 0 amide bonds. The lowest BCUT2D eigenvalue weighted by atomic mass is 10.0. The molecule has 0 nitrogen and oxygen atoms in total. The number of hydrogen-bond donors (Lipinski definition) is 0. The van der Waals surface area contributed by atoms with Gasteiger partial charge < -0.3 is 0 Å². The van der Waals surface area contributed by atoms with E-state index in [2.05, 4.69) is 70.7 Å². The van der Waals surface area contributed by atoms with Crippen LogP contribution in [0.2, 0.25) is 0 Å². The molecule has 0 aromatic carbocycles. The van der Waals surface area contributed by atoms with E-state index in [0.717, 1.165) is 5.57 Å². The molecular formula is C18H26. The van der Waals surface area contributed by atoms with Crippen LogP contribution in [0.3, 0.4) is 0 Å². The second-order valence-electron chi connectivity index (χ2n) is 4.43. The van der Waals surface area contributed by atoms with Crippen LogP contribution in [0.15, 0.2) is 70.9 Å². The lowest BCUT2D eigenvalue weighted by Gasteiger charge is -2.05. The molecule has 0 saturated heterocycles. The third-order valence-electron chi connectivity index (χ3n) is 3.11. The van der Waals surface area contributed by atoms with E-state index >= 15 is 0 Å². The first-order chi connectivity index (χ1) is 8.46. The summed E-state index contributed by atoms with van der Waals surface area (Å²) in [5.41, 5.74) is 6.03. The SMILES string of the molecule is C=C(/C=C(C)\C(C)=C/C)C(/C=C\C(C)=C\C)=C/C. The van der Waals surface area contributed by atoms with Crippen LogP contribution in [-0.2, 0) is 0 Å². The molecule has 0 spiro atoms. The minimum Gasteiger partial charge on any atom is -0.0912 e. The van der Waals surface area contributed by atoms with Crippen molar-refractivity contribution in [1.29, 1.82) is 0 Å². The van der Waals surface area contributed by atoms with E-state index in [4.69, 9.17) is 0 Å². The van der Waals surface area contributed by atoms with Crippen molar-refractivity contribution in [1.82, 2.24) is 0 Å². The maximum atomic E-state index is 4.14. The van der Waals surface area contributed by atoms with Gasteiger partial charge in [-0.25, -0.2) is 0 Å². The van der Waals surface area contributed by atoms with Gasteiger partial charge in [0.05, 0.1) is 0 Å². The van der Waals surface area contributed by atoms with Crippen molar-refractivity contribution < 1.29 is 0 Å². The quantitative estimate of drug-likeness (QED) is 0.525. The van der Waals surface area contributed by atoms with E-state index in [1.54, 1.807) is 0 Å². The summed E-state index contributed by atoms with van der Waals surface area (Å²) in [4.78, 5) is 0. The van der Waals surface area contributed by atoms with Crippen LogP contribution in [-0.4, -0.2) is 0 Å². The van der Waals surface area contributed by atoms with Crippen LogP contribution < -0.4 is 0 Å². The Hall–Kier alpha value is -1.56. The minimum absolute atomic E-state index is 1.05. The summed E-state index contributed by atoms with van der Waals surface area (Å²) in [5.74, 6) is 0. The standard InChI is InChI=1S/C18H26/c1-8-14(4)11-12-18(10-3)17(7)13-16(6)15(5)9-2/h8-13H,7H2,1-6H3/b12-11-,14-8+,15-9-,16-13-,18-10+.